The van der Waals surface area contributed by atoms with Gasteiger partial charge in [0.05, 0.1) is 31.6 Å². The van der Waals surface area contributed by atoms with Crippen molar-refractivity contribution in [3.63, 3.8) is 0 Å². The molecule has 1 saturated heterocycles. The molecule has 6 nitrogen and oxygen atoms in total. The van der Waals surface area contributed by atoms with Gasteiger partial charge in [-0.05, 0) is 94.0 Å². The van der Waals surface area contributed by atoms with Crippen molar-refractivity contribution in [1.29, 1.82) is 0 Å². The monoisotopic (exact) mass is 536 g/mol. The Labute approximate surface area is 235 Å². The quantitative estimate of drug-likeness (QED) is 0.211. The van der Waals surface area contributed by atoms with Crippen molar-refractivity contribution in [3.05, 3.63) is 59.7 Å². The van der Waals surface area contributed by atoms with E-state index in [-0.39, 0.29) is 17.9 Å². The van der Waals surface area contributed by atoms with Gasteiger partial charge in [0.1, 0.15) is 5.75 Å². The van der Waals surface area contributed by atoms with E-state index in [4.69, 9.17) is 9.47 Å². The zero-order valence-electron chi connectivity index (χ0n) is 24.6. The number of esters is 1. The Kier molecular flexibility index (Phi) is 11.7. The predicted octanol–water partition coefficient (Wildman–Crippen LogP) is 6.87. The van der Waals surface area contributed by atoms with E-state index in [0.717, 1.165) is 50.1 Å². The van der Waals surface area contributed by atoms with Crippen molar-refractivity contribution in [3.8, 4) is 5.75 Å². The molecule has 2 aromatic carbocycles. The van der Waals surface area contributed by atoms with Gasteiger partial charge in [-0.15, -0.1) is 0 Å². The Morgan fingerprint density at radius 3 is 2.33 bits per heavy atom. The number of ether oxygens (including phenoxy) is 2. The minimum absolute atomic E-state index is 0.0117. The van der Waals surface area contributed by atoms with Crippen molar-refractivity contribution in [2.45, 2.75) is 85.1 Å². The molecule has 6 heteroatoms. The van der Waals surface area contributed by atoms with Crippen LogP contribution in [0.5, 0.6) is 5.75 Å². The molecule has 214 valence electrons. The molecule has 0 spiro atoms. The van der Waals surface area contributed by atoms with Crippen molar-refractivity contribution < 1.29 is 19.1 Å². The molecule has 1 atom stereocenters. The molecule has 2 aromatic rings. The maximum atomic E-state index is 13.2. The Morgan fingerprint density at radius 1 is 0.974 bits per heavy atom. The third kappa shape index (κ3) is 9.59. The topological polar surface area (TPSA) is 67.9 Å². The highest BCUT2D eigenvalue weighted by Gasteiger charge is 2.27. The highest BCUT2D eigenvalue weighted by atomic mass is 16.5. The number of amides is 1. The molecule has 1 N–H and O–H groups in total. The van der Waals surface area contributed by atoms with Crippen LogP contribution < -0.4 is 15.0 Å². The van der Waals surface area contributed by atoms with Gasteiger partial charge in [-0.2, -0.15) is 0 Å². The van der Waals surface area contributed by atoms with Gasteiger partial charge < -0.3 is 19.7 Å². The normalized spacial score (nSPS) is 14.7. The molecule has 0 radical (unpaired) electrons. The number of nitrogens with zero attached hydrogens (tertiary/aromatic N) is 1. The van der Waals surface area contributed by atoms with Crippen LogP contribution >= 0.6 is 0 Å². The number of benzene rings is 2. The summed E-state index contributed by atoms with van der Waals surface area (Å²) >= 11 is 0. The van der Waals surface area contributed by atoms with E-state index in [1.54, 1.807) is 0 Å². The standard InChI is InChI=1S/C33H48N2O4/c1-25(2)23-29(28-13-7-8-14-30(28)35-20-10-6-11-21-35)34-31(36)24-26-15-17-27(18-16-26)39-22-12-9-19-33(3,4)32(37)38-5/h7-8,13-18,25,29H,6,9-12,19-24H2,1-5H3,(H,34,36). The summed E-state index contributed by atoms with van der Waals surface area (Å²) in [5.41, 5.74) is 2.98. The van der Waals surface area contributed by atoms with E-state index in [1.165, 1.54) is 37.6 Å². The third-order valence-corrected chi connectivity index (χ3v) is 7.54. The van der Waals surface area contributed by atoms with Crippen LogP contribution in [0.1, 0.15) is 89.8 Å². The van der Waals surface area contributed by atoms with E-state index >= 15 is 0 Å². The zero-order chi connectivity index (χ0) is 28.3. The summed E-state index contributed by atoms with van der Waals surface area (Å²) in [6.45, 7) is 11.0. The molecule has 39 heavy (non-hydrogen) atoms. The highest BCUT2D eigenvalue weighted by Crippen LogP contribution is 2.32. The SMILES string of the molecule is COC(=O)C(C)(C)CCCCOc1ccc(CC(=O)NC(CC(C)C)c2ccccc2N2CCCCC2)cc1. The molecule has 0 aromatic heterocycles. The number of piperidine rings is 1. The van der Waals surface area contributed by atoms with Crippen LogP contribution in [0.2, 0.25) is 0 Å². The predicted molar refractivity (Wildman–Crippen MR) is 158 cm³/mol. The average Bonchev–Trinajstić information content (AvgIpc) is 2.93. The summed E-state index contributed by atoms with van der Waals surface area (Å²) in [5.74, 6) is 1.12. The number of hydrogen-bond donors (Lipinski definition) is 1. The Balaban J connectivity index is 1.53. The van der Waals surface area contributed by atoms with Crippen LogP contribution in [0, 0.1) is 11.3 Å². The number of anilines is 1. The molecule has 1 fully saturated rings. The Morgan fingerprint density at radius 2 is 1.67 bits per heavy atom. The fraction of sp³-hybridized carbons (Fsp3) is 0.576. The van der Waals surface area contributed by atoms with Crippen molar-refractivity contribution >= 4 is 17.6 Å². The first-order valence-electron chi connectivity index (χ1n) is 14.6. The lowest BCUT2D eigenvalue weighted by Gasteiger charge is -2.33. The smallest absolute Gasteiger partial charge is 0.311 e. The number of unbranched alkanes of at least 4 members (excludes halogenated alkanes) is 1. The summed E-state index contributed by atoms with van der Waals surface area (Å²) in [7, 11) is 1.43. The summed E-state index contributed by atoms with van der Waals surface area (Å²) in [6, 6.07) is 16.4. The fourth-order valence-electron chi connectivity index (χ4n) is 5.31. The summed E-state index contributed by atoms with van der Waals surface area (Å²) in [4.78, 5) is 27.4. The van der Waals surface area contributed by atoms with Gasteiger partial charge in [0.25, 0.3) is 0 Å². The van der Waals surface area contributed by atoms with E-state index in [1.807, 2.05) is 38.1 Å². The van der Waals surface area contributed by atoms with Crippen LogP contribution in [0.3, 0.4) is 0 Å². The number of carbonyl (C=O) groups excluding carboxylic acids is 2. The molecule has 1 aliphatic heterocycles. The molecule has 1 amide bonds. The first-order chi connectivity index (χ1) is 18.7. The molecule has 1 heterocycles. The van der Waals surface area contributed by atoms with E-state index in [9.17, 15) is 9.59 Å². The van der Waals surface area contributed by atoms with Crippen LogP contribution in [0.25, 0.3) is 0 Å². The van der Waals surface area contributed by atoms with Gasteiger partial charge in [-0.1, -0.05) is 44.2 Å². The lowest BCUT2D eigenvalue weighted by molar-refractivity contribution is -0.151. The van der Waals surface area contributed by atoms with Crippen LogP contribution in [0.15, 0.2) is 48.5 Å². The minimum Gasteiger partial charge on any atom is -0.494 e. The lowest BCUT2D eigenvalue weighted by Crippen LogP contribution is -2.34. The third-order valence-electron chi connectivity index (χ3n) is 7.54. The number of rotatable bonds is 14. The van der Waals surface area contributed by atoms with Crippen LogP contribution in [-0.2, 0) is 20.7 Å². The second-order valence-electron chi connectivity index (χ2n) is 11.9. The summed E-state index contributed by atoms with van der Waals surface area (Å²) < 4.78 is 10.8. The number of carbonyl (C=O) groups is 2. The van der Waals surface area contributed by atoms with Crippen molar-refractivity contribution in [1.82, 2.24) is 5.32 Å². The largest absolute Gasteiger partial charge is 0.494 e. The lowest BCUT2D eigenvalue weighted by atomic mass is 9.87. The highest BCUT2D eigenvalue weighted by molar-refractivity contribution is 5.79. The van der Waals surface area contributed by atoms with Crippen LogP contribution in [0.4, 0.5) is 5.69 Å². The van der Waals surface area contributed by atoms with Crippen molar-refractivity contribution in [2.24, 2.45) is 11.3 Å². The van der Waals surface area contributed by atoms with Gasteiger partial charge in [-0.25, -0.2) is 0 Å². The first-order valence-corrected chi connectivity index (χ1v) is 14.6. The van der Waals surface area contributed by atoms with Gasteiger partial charge in [0.15, 0.2) is 0 Å². The van der Waals surface area contributed by atoms with E-state index < -0.39 is 5.41 Å². The molecule has 0 bridgehead atoms. The number of hydrogen-bond acceptors (Lipinski definition) is 5. The fourth-order valence-corrected chi connectivity index (χ4v) is 5.31. The molecular formula is C33H48N2O4. The maximum Gasteiger partial charge on any atom is 0.311 e. The first kappa shape index (κ1) is 30.5. The molecule has 0 saturated carbocycles. The number of nitrogens with one attached hydrogen (secondary N) is 1. The molecule has 1 aliphatic rings. The average molecular weight is 537 g/mol. The minimum atomic E-state index is -0.471. The Bertz CT molecular complexity index is 1040. The number of para-hydroxylation sites is 1. The second kappa shape index (κ2) is 14.9. The van der Waals surface area contributed by atoms with Gasteiger partial charge >= 0.3 is 5.97 Å². The Hall–Kier alpha value is -3.02. The van der Waals surface area contributed by atoms with Crippen LogP contribution in [-0.4, -0.2) is 38.7 Å². The zero-order valence-corrected chi connectivity index (χ0v) is 24.6. The molecular weight excluding hydrogens is 488 g/mol. The molecule has 1 unspecified atom stereocenters. The summed E-state index contributed by atoms with van der Waals surface area (Å²) in [6.07, 6.45) is 7.50. The van der Waals surface area contributed by atoms with Gasteiger partial charge in [-0.3, -0.25) is 9.59 Å². The van der Waals surface area contributed by atoms with E-state index in [0.29, 0.717) is 18.9 Å². The van der Waals surface area contributed by atoms with Crippen molar-refractivity contribution in [2.75, 3.05) is 31.7 Å². The summed E-state index contributed by atoms with van der Waals surface area (Å²) in [5, 5.41) is 3.35. The molecule has 0 aliphatic carbocycles. The molecule has 3 rings (SSSR count). The van der Waals surface area contributed by atoms with Gasteiger partial charge in [0.2, 0.25) is 5.91 Å². The number of methoxy groups -OCH3 is 1. The van der Waals surface area contributed by atoms with E-state index in [2.05, 4.69) is 48.3 Å². The second-order valence-corrected chi connectivity index (χ2v) is 11.9. The maximum absolute atomic E-state index is 13.2. The van der Waals surface area contributed by atoms with Gasteiger partial charge in [0, 0.05) is 18.8 Å².